The lowest BCUT2D eigenvalue weighted by molar-refractivity contribution is 0.661. The molecule has 2 aliphatic rings. The van der Waals surface area contributed by atoms with E-state index in [1.165, 1.54) is 65.2 Å². The summed E-state index contributed by atoms with van der Waals surface area (Å²) in [7, 11) is -2.94. The SMILES string of the molecule is CC1(C)c2ccccc2-c2cc3c4ccccc4n(-c4ccccc4-c4nc(-c5ccccc5)c5c(n4)[Si](c4ccccc4)(c4ccccc4)c4ccccc4-5)c3cc21. The Labute approximate surface area is 345 Å². The number of hydrogen-bond acceptors (Lipinski definition) is 2. The highest BCUT2D eigenvalue weighted by molar-refractivity contribution is 7.21. The Morgan fingerprint density at radius 1 is 0.458 bits per heavy atom. The van der Waals surface area contributed by atoms with Crippen LogP contribution in [-0.2, 0) is 5.41 Å². The third-order valence-corrected chi connectivity index (χ3v) is 17.8. The van der Waals surface area contributed by atoms with Crippen molar-refractivity contribution < 1.29 is 0 Å². The van der Waals surface area contributed by atoms with Crippen molar-refractivity contribution in [3.63, 3.8) is 0 Å². The zero-order chi connectivity index (χ0) is 39.3. The molecule has 1 aliphatic heterocycles. The molecule has 0 saturated heterocycles. The van der Waals surface area contributed by atoms with Crippen LogP contribution < -0.4 is 20.9 Å². The third-order valence-electron chi connectivity index (χ3n) is 13.1. The van der Waals surface area contributed by atoms with Crippen LogP contribution in [0, 0.1) is 0 Å². The van der Waals surface area contributed by atoms with Gasteiger partial charge in [0.1, 0.15) is 0 Å². The van der Waals surface area contributed by atoms with E-state index in [1.54, 1.807) is 0 Å². The molecule has 0 N–H and O–H groups in total. The van der Waals surface area contributed by atoms with E-state index in [9.17, 15) is 0 Å². The molecule has 278 valence electrons. The largest absolute Gasteiger partial charge is 0.308 e. The molecule has 0 bridgehead atoms. The average Bonchev–Trinajstić information content (AvgIpc) is 3.87. The molecule has 2 aromatic heterocycles. The van der Waals surface area contributed by atoms with Crippen LogP contribution in [0.4, 0.5) is 0 Å². The van der Waals surface area contributed by atoms with Crippen LogP contribution in [-0.4, -0.2) is 22.6 Å². The fourth-order valence-corrected chi connectivity index (χ4v) is 15.5. The van der Waals surface area contributed by atoms with Gasteiger partial charge >= 0.3 is 0 Å². The quantitative estimate of drug-likeness (QED) is 0.163. The first kappa shape index (κ1) is 33.9. The maximum absolute atomic E-state index is 5.91. The highest BCUT2D eigenvalue weighted by Crippen LogP contribution is 2.51. The summed E-state index contributed by atoms with van der Waals surface area (Å²) in [6.45, 7) is 4.73. The van der Waals surface area contributed by atoms with Gasteiger partial charge in [-0.2, -0.15) is 0 Å². The van der Waals surface area contributed by atoms with Crippen LogP contribution in [0.2, 0.25) is 0 Å². The molecule has 0 amide bonds. The molecule has 0 saturated carbocycles. The van der Waals surface area contributed by atoms with Gasteiger partial charge in [0.15, 0.2) is 5.82 Å². The molecule has 0 spiro atoms. The Balaban J connectivity index is 1.19. The highest BCUT2D eigenvalue weighted by Gasteiger charge is 2.51. The van der Waals surface area contributed by atoms with E-state index >= 15 is 0 Å². The molecule has 0 fully saturated rings. The number of para-hydroxylation sites is 2. The number of nitrogens with zero attached hydrogens (tertiary/aromatic N) is 3. The van der Waals surface area contributed by atoms with Gasteiger partial charge in [-0.25, -0.2) is 9.97 Å². The standard InChI is InChI=1S/C55H39N3Si/c1-55(2)45-30-16-12-26-39(45)43-34-44-40-27-13-17-31-47(40)58(49(44)35-46(43)55)48-32-18-14-28-41(48)53-56-52(36-20-6-3-7-21-36)51-42-29-15-19-33-50(42)59(54(51)57-53,37-22-8-4-9-23-37)38-24-10-5-11-25-38/h3-35H,1-2H3. The Morgan fingerprint density at radius 2 is 1.05 bits per heavy atom. The van der Waals surface area contributed by atoms with Crippen LogP contribution in [0.25, 0.3) is 72.4 Å². The van der Waals surface area contributed by atoms with E-state index < -0.39 is 8.07 Å². The monoisotopic (exact) mass is 769 g/mol. The Kier molecular flexibility index (Phi) is 7.29. The minimum absolute atomic E-state index is 0.132. The fraction of sp³-hybridized carbons (Fsp3) is 0.0545. The fourth-order valence-electron chi connectivity index (χ4n) is 10.5. The van der Waals surface area contributed by atoms with E-state index in [0.29, 0.717) is 0 Å². The van der Waals surface area contributed by atoms with Gasteiger partial charge in [-0.15, -0.1) is 0 Å². The normalized spacial score (nSPS) is 14.2. The minimum atomic E-state index is -2.94. The second-order valence-corrected chi connectivity index (χ2v) is 20.1. The van der Waals surface area contributed by atoms with E-state index in [2.05, 4.69) is 219 Å². The van der Waals surface area contributed by atoms with Crippen molar-refractivity contribution in [1.29, 1.82) is 0 Å². The number of aromatic nitrogens is 3. The predicted octanol–water partition coefficient (Wildman–Crippen LogP) is 10.6. The van der Waals surface area contributed by atoms with E-state index in [4.69, 9.17) is 9.97 Å². The minimum Gasteiger partial charge on any atom is -0.308 e. The van der Waals surface area contributed by atoms with E-state index in [-0.39, 0.29) is 5.41 Å². The lowest BCUT2D eigenvalue weighted by Gasteiger charge is -2.30. The van der Waals surface area contributed by atoms with Gasteiger partial charge in [-0.3, -0.25) is 0 Å². The first-order valence-corrected chi connectivity index (χ1v) is 22.5. The molecule has 3 nitrogen and oxygen atoms in total. The smallest absolute Gasteiger partial charge is 0.203 e. The van der Waals surface area contributed by atoms with Gasteiger partial charge < -0.3 is 4.57 Å². The van der Waals surface area contributed by atoms with Crippen molar-refractivity contribution in [3.8, 4) is 50.6 Å². The first-order valence-electron chi connectivity index (χ1n) is 20.5. The van der Waals surface area contributed by atoms with Gasteiger partial charge in [-0.1, -0.05) is 184 Å². The van der Waals surface area contributed by atoms with Gasteiger partial charge in [-0.05, 0) is 73.7 Å². The lowest BCUT2D eigenvalue weighted by atomic mass is 9.82. The topological polar surface area (TPSA) is 30.7 Å². The van der Waals surface area contributed by atoms with E-state index in [1.807, 2.05) is 0 Å². The summed E-state index contributed by atoms with van der Waals surface area (Å²) in [5, 5.41) is 7.59. The lowest BCUT2D eigenvalue weighted by Crippen LogP contribution is -2.73. The summed E-state index contributed by atoms with van der Waals surface area (Å²) in [6.07, 6.45) is 0. The number of hydrogen-bond donors (Lipinski definition) is 0. The molecule has 4 heteroatoms. The van der Waals surface area contributed by atoms with Gasteiger partial charge in [0.25, 0.3) is 0 Å². The van der Waals surface area contributed by atoms with Crippen molar-refractivity contribution in [1.82, 2.24) is 14.5 Å². The molecule has 3 heterocycles. The van der Waals surface area contributed by atoms with Crippen molar-refractivity contribution in [2.24, 2.45) is 0 Å². The Bertz CT molecular complexity index is 3250. The Hall–Kier alpha value is -7.14. The van der Waals surface area contributed by atoms with E-state index in [0.717, 1.165) is 39.2 Å². The molecular formula is C55H39N3Si. The maximum Gasteiger partial charge on any atom is 0.203 e. The predicted molar refractivity (Wildman–Crippen MR) is 247 cm³/mol. The molecule has 8 aromatic carbocycles. The number of rotatable bonds is 5. The van der Waals surface area contributed by atoms with Gasteiger partial charge in [0, 0.05) is 32.9 Å². The number of benzene rings is 8. The van der Waals surface area contributed by atoms with Crippen LogP contribution in [0.15, 0.2) is 200 Å². The maximum atomic E-state index is 5.91. The summed E-state index contributed by atoms with van der Waals surface area (Å²) in [4.78, 5) is 11.6. The van der Waals surface area contributed by atoms with Crippen LogP contribution in [0.3, 0.4) is 0 Å². The summed E-state index contributed by atoms with van der Waals surface area (Å²) in [5.41, 5.74) is 14.1. The Morgan fingerprint density at radius 3 is 1.80 bits per heavy atom. The molecule has 1 aliphatic carbocycles. The molecule has 59 heavy (non-hydrogen) atoms. The number of fused-ring (bicyclic) bond motifs is 9. The summed E-state index contributed by atoms with van der Waals surface area (Å²) < 4.78 is 2.46. The van der Waals surface area contributed by atoms with Crippen molar-refractivity contribution in [2.75, 3.05) is 0 Å². The molecule has 0 unspecified atom stereocenters. The average molecular weight is 770 g/mol. The first-order chi connectivity index (χ1) is 29.0. The van der Waals surface area contributed by atoms with Gasteiger partial charge in [0.2, 0.25) is 8.07 Å². The van der Waals surface area contributed by atoms with Crippen molar-refractivity contribution >= 4 is 50.8 Å². The van der Waals surface area contributed by atoms with Crippen molar-refractivity contribution in [3.05, 3.63) is 211 Å². The molecule has 10 aromatic rings. The molecule has 0 atom stereocenters. The molecule has 0 radical (unpaired) electrons. The van der Waals surface area contributed by atoms with Crippen LogP contribution in [0.5, 0.6) is 0 Å². The summed E-state index contributed by atoms with van der Waals surface area (Å²) in [6, 6.07) is 73.4. The highest BCUT2D eigenvalue weighted by atomic mass is 28.3. The van der Waals surface area contributed by atoms with Crippen LogP contribution in [0.1, 0.15) is 25.0 Å². The van der Waals surface area contributed by atoms with Gasteiger partial charge in [0.05, 0.1) is 27.7 Å². The zero-order valence-corrected chi connectivity index (χ0v) is 33.9. The molecular weight excluding hydrogens is 731 g/mol. The third kappa shape index (κ3) is 4.69. The second kappa shape index (κ2) is 12.7. The zero-order valence-electron chi connectivity index (χ0n) is 32.9. The van der Waals surface area contributed by atoms with Crippen molar-refractivity contribution in [2.45, 2.75) is 19.3 Å². The second-order valence-electron chi connectivity index (χ2n) is 16.5. The summed E-state index contributed by atoms with van der Waals surface area (Å²) >= 11 is 0. The summed E-state index contributed by atoms with van der Waals surface area (Å²) in [5.74, 6) is 0.731. The van der Waals surface area contributed by atoms with Crippen LogP contribution >= 0.6 is 0 Å². The molecule has 12 rings (SSSR count).